The van der Waals surface area contributed by atoms with E-state index in [1.165, 1.54) is 11.1 Å². The molecule has 19 heavy (non-hydrogen) atoms. The fourth-order valence-corrected chi connectivity index (χ4v) is 3.27. The van der Waals surface area contributed by atoms with Crippen molar-refractivity contribution >= 4 is 0 Å². The summed E-state index contributed by atoms with van der Waals surface area (Å²) in [7, 11) is 0. The lowest BCUT2D eigenvalue weighted by Crippen LogP contribution is -2.28. The van der Waals surface area contributed by atoms with Crippen LogP contribution in [0, 0.1) is 5.92 Å². The number of rotatable bonds is 2. The molecule has 0 radical (unpaired) electrons. The second-order valence-electron chi connectivity index (χ2n) is 5.27. The number of fused-ring (bicyclic) bond motifs is 1. The van der Waals surface area contributed by atoms with E-state index >= 15 is 0 Å². The lowest BCUT2D eigenvalue weighted by Gasteiger charge is -2.33. The Labute approximate surface area is 113 Å². The van der Waals surface area contributed by atoms with Crippen molar-refractivity contribution in [2.75, 3.05) is 6.54 Å². The molecule has 2 aromatic rings. The molecular weight excluding hydrogens is 234 g/mol. The molecule has 0 amide bonds. The molecule has 0 spiro atoms. The minimum Gasteiger partial charge on any atom is -0.508 e. The Bertz CT molecular complexity index is 565. The van der Waals surface area contributed by atoms with E-state index in [1.807, 2.05) is 12.1 Å². The lowest BCUT2D eigenvalue weighted by molar-refractivity contribution is 0.401. The first-order chi connectivity index (χ1) is 9.31. The Morgan fingerprint density at radius 2 is 1.84 bits per heavy atom. The van der Waals surface area contributed by atoms with Gasteiger partial charge in [-0.05, 0) is 48.1 Å². The second kappa shape index (κ2) is 5.06. The van der Waals surface area contributed by atoms with Gasteiger partial charge in [-0.25, -0.2) is 0 Å². The van der Waals surface area contributed by atoms with Crippen molar-refractivity contribution in [2.24, 2.45) is 11.7 Å². The zero-order valence-electron chi connectivity index (χ0n) is 10.9. The third kappa shape index (κ3) is 2.13. The van der Waals surface area contributed by atoms with Crippen LogP contribution in [0.4, 0.5) is 0 Å². The van der Waals surface area contributed by atoms with E-state index in [0.717, 1.165) is 18.4 Å². The number of phenolic OH excluding ortho intramolecular Hbond substituents is 1. The molecule has 2 atom stereocenters. The van der Waals surface area contributed by atoms with E-state index in [9.17, 15) is 5.11 Å². The first kappa shape index (κ1) is 12.2. The topological polar surface area (TPSA) is 46.2 Å². The summed E-state index contributed by atoms with van der Waals surface area (Å²) in [5, 5.41) is 10.0. The third-order valence-electron chi connectivity index (χ3n) is 4.22. The number of hydrogen-bond acceptors (Lipinski definition) is 2. The summed E-state index contributed by atoms with van der Waals surface area (Å²) in [5.74, 6) is 1.19. The SMILES string of the molecule is NCC1CCc2c(O)cccc2C1c1ccccc1. The van der Waals surface area contributed by atoms with E-state index in [1.54, 1.807) is 6.07 Å². The molecule has 0 bridgehead atoms. The smallest absolute Gasteiger partial charge is 0.119 e. The standard InChI is InChI=1S/C17H19NO/c18-11-13-9-10-14-15(7-4-8-16(14)19)17(13)12-5-2-1-3-6-12/h1-8,13,17,19H,9-11,18H2. The summed E-state index contributed by atoms with van der Waals surface area (Å²) in [5.41, 5.74) is 9.60. The highest BCUT2D eigenvalue weighted by molar-refractivity contribution is 5.47. The highest BCUT2D eigenvalue weighted by Crippen LogP contribution is 2.42. The van der Waals surface area contributed by atoms with E-state index in [2.05, 4.69) is 30.3 Å². The monoisotopic (exact) mass is 253 g/mol. The molecule has 2 heteroatoms. The van der Waals surface area contributed by atoms with Crippen LogP contribution in [-0.4, -0.2) is 11.7 Å². The Hall–Kier alpha value is -1.80. The predicted octanol–water partition coefficient (Wildman–Crippen LogP) is 3.05. The first-order valence-corrected chi connectivity index (χ1v) is 6.87. The average Bonchev–Trinajstić information content (AvgIpc) is 2.47. The maximum atomic E-state index is 10.0. The van der Waals surface area contributed by atoms with E-state index < -0.39 is 0 Å². The molecule has 0 fully saturated rings. The molecule has 3 rings (SSSR count). The van der Waals surface area contributed by atoms with Crippen molar-refractivity contribution in [1.29, 1.82) is 0 Å². The number of aromatic hydroxyl groups is 1. The Balaban J connectivity index is 2.13. The van der Waals surface area contributed by atoms with Crippen LogP contribution < -0.4 is 5.73 Å². The lowest BCUT2D eigenvalue weighted by atomic mass is 9.71. The van der Waals surface area contributed by atoms with Crippen molar-refractivity contribution in [1.82, 2.24) is 0 Å². The maximum Gasteiger partial charge on any atom is 0.119 e. The molecule has 0 aromatic heterocycles. The van der Waals surface area contributed by atoms with Gasteiger partial charge in [0.05, 0.1) is 0 Å². The minimum absolute atomic E-state index is 0.307. The van der Waals surface area contributed by atoms with Gasteiger partial charge < -0.3 is 10.8 Å². The van der Waals surface area contributed by atoms with Crippen LogP contribution in [-0.2, 0) is 6.42 Å². The highest BCUT2D eigenvalue weighted by Gasteiger charge is 2.30. The largest absolute Gasteiger partial charge is 0.508 e. The molecule has 0 saturated carbocycles. The second-order valence-corrected chi connectivity index (χ2v) is 5.27. The maximum absolute atomic E-state index is 10.0. The van der Waals surface area contributed by atoms with Crippen LogP contribution in [0.3, 0.4) is 0 Å². The molecule has 2 aromatic carbocycles. The first-order valence-electron chi connectivity index (χ1n) is 6.87. The number of phenols is 1. The van der Waals surface area contributed by atoms with Gasteiger partial charge in [0.1, 0.15) is 5.75 Å². The van der Waals surface area contributed by atoms with Crippen LogP contribution in [0.5, 0.6) is 5.75 Å². The van der Waals surface area contributed by atoms with Gasteiger partial charge in [0.2, 0.25) is 0 Å². The average molecular weight is 253 g/mol. The predicted molar refractivity (Wildman–Crippen MR) is 77.3 cm³/mol. The molecule has 1 aliphatic carbocycles. The summed E-state index contributed by atoms with van der Waals surface area (Å²) < 4.78 is 0. The molecule has 0 aliphatic heterocycles. The summed E-state index contributed by atoms with van der Waals surface area (Å²) in [6.45, 7) is 0.689. The van der Waals surface area contributed by atoms with Gasteiger partial charge in [-0.15, -0.1) is 0 Å². The van der Waals surface area contributed by atoms with Gasteiger partial charge in [-0.3, -0.25) is 0 Å². The van der Waals surface area contributed by atoms with Gasteiger partial charge in [0.15, 0.2) is 0 Å². The highest BCUT2D eigenvalue weighted by atomic mass is 16.3. The van der Waals surface area contributed by atoms with E-state index in [4.69, 9.17) is 5.73 Å². The normalized spacial score (nSPS) is 21.9. The Kier molecular flexibility index (Phi) is 3.26. The van der Waals surface area contributed by atoms with Crippen molar-refractivity contribution < 1.29 is 5.11 Å². The van der Waals surface area contributed by atoms with Gasteiger partial charge >= 0.3 is 0 Å². The van der Waals surface area contributed by atoms with Gasteiger partial charge in [-0.1, -0.05) is 42.5 Å². The van der Waals surface area contributed by atoms with Crippen molar-refractivity contribution in [3.8, 4) is 5.75 Å². The van der Waals surface area contributed by atoms with Gasteiger partial charge in [-0.2, -0.15) is 0 Å². The van der Waals surface area contributed by atoms with Crippen LogP contribution in [0.1, 0.15) is 29.0 Å². The summed E-state index contributed by atoms with van der Waals surface area (Å²) >= 11 is 0. The van der Waals surface area contributed by atoms with Crippen molar-refractivity contribution in [2.45, 2.75) is 18.8 Å². The fourth-order valence-electron chi connectivity index (χ4n) is 3.27. The molecule has 98 valence electrons. The van der Waals surface area contributed by atoms with Gasteiger partial charge in [0.25, 0.3) is 0 Å². The summed E-state index contributed by atoms with van der Waals surface area (Å²) in [6, 6.07) is 16.3. The molecular formula is C17H19NO. The molecule has 1 aliphatic rings. The zero-order chi connectivity index (χ0) is 13.2. The van der Waals surface area contributed by atoms with E-state index in [-0.39, 0.29) is 0 Å². The summed E-state index contributed by atoms with van der Waals surface area (Å²) in [4.78, 5) is 0. The fraction of sp³-hybridized carbons (Fsp3) is 0.294. The Morgan fingerprint density at radius 1 is 1.05 bits per heavy atom. The molecule has 0 saturated heterocycles. The summed E-state index contributed by atoms with van der Waals surface area (Å²) in [6.07, 6.45) is 1.97. The van der Waals surface area contributed by atoms with Crippen molar-refractivity contribution in [3.63, 3.8) is 0 Å². The molecule has 2 unspecified atom stereocenters. The van der Waals surface area contributed by atoms with Crippen LogP contribution in [0.25, 0.3) is 0 Å². The Morgan fingerprint density at radius 3 is 2.58 bits per heavy atom. The molecule has 0 heterocycles. The van der Waals surface area contributed by atoms with Crippen LogP contribution >= 0.6 is 0 Å². The van der Waals surface area contributed by atoms with Crippen LogP contribution in [0.15, 0.2) is 48.5 Å². The molecule has 2 nitrogen and oxygen atoms in total. The number of nitrogens with two attached hydrogens (primary N) is 1. The number of hydrogen-bond donors (Lipinski definition) is 2. The molecule has 3 N–H and O–H groups in total. The number of benzene rings is 2. The zero-order valence-corrected chi connectivity index (χ0v) is 10.9. The van der Waals surface area contributed by atoms with Gasteiger partial charge in [0, 0.05) is 5.92 Å². The quantitative estimate of drug-likeness (QED) is 0.864. The van der Waals surface area contributed by atoms with Crippen LogP contribution in [0.2, 0.25) is 0 Å². The van der Waals surface area contributed by atoms with Crippen molar-refractivity contribution in [3.05, 3.63) is 65.2 Å². The van der Waals surface area contributed by atoms with E-state index in [0.29, 0.717) is 24.1 Å². The minimum atomic E-state index is 0.307. The third-order valence-corrected chi connectivity index (χ3v) is 4.22.